The van der Waals surface area contributed by atoms with E-state index in [9.17, 15) is 5.11 Å². The first-order chi connectivity index (χ1) is 7.24. The van der Waals surface area contributed by atoms with Crippen molar-refractivity contribution in [2.75, 3.05) is 13.2 Å². The van der Waals surface area contributed by atoms with Gasteiger partial charge in [-0.05, 0) is 24.1 Å². The van der Waals surface area contributed by atoms with Crippen molar-refractivity contribution in [3.05, 3.63) is 29.8 Å². The molecule has 1 aromatic carbocycles. The molecule has 15 heavy (non-hydrogen) atoms. The second kappa shape index (κ2) is 4.21. The van der Waals surface area contributed by atoms with Crippen LogP contribution in [0, 0.1) is 0 Å². The number of hydrogen-bond donors (Lipinski definition) is 1. The van der Waals surface area contributed by atoms with Gasteiger partial charge in [-0.25, -0.2) is 0 Å². The molecule has 1 N–H and O–H groups in total. The van der Waals surface area contributed by atoms with Gasteiger partial charge in [0.25, 0.3) is 0 Å². The lowest BCUT2D eigenvalue weighted by Gasteiger charge is -2.25. The van der Waals surface area contributed by atoms with Gasteiger partial charge in [-0.2, -0.15) is 0 Å². The lowest BCUT2D eigenvalue weighted by molar-refractivity contribution is -0.157. The summed E-state index contributed by atoms with van der Waals surface area (Å²) >= 11 is 0. The van der Waals surface area contributed by atoms with Crippen LogP contribution in [-0.2, 0) is 15.9 Å². The molecule has 1 heterocycles. The Morgan fingerprint density at radius 1 is 1.20 bits per heavy atom. The number of phenols is 1. The number of rotatable bonds is 3. The number of aromatic hydroxyl groups is 1. The van der Waals surface area contributed by atoms with Crippen molar-refractivity contribution in [2.24, 2.45) is 0 Å². The Balaban J connectivity index is 2.09. The summed E-state index contributed by atoms with van der Waals surface area (Å²) in [6, 6.07) is 7.18. The summed E-state index contributed by atoms with van der Waals surface area (Å²) in [5, 5.41) is 9.18. The molecule has 0 aromatic heterocycles. The lowest BCUT2D eigenvalue weighted by atomic mass is 10.0. The number of ether oxygens (including phenoxy) is 2. The number of hydrogen-bond acceptors (Lipinski definition) is 3. The first-order valence-corrected chi connectivity index (χ1v) is 5.30. The van der Waals surface area contributed by atoms with Crippen molar-refractivity contribution in [3.63, 3.8) is 0 Å². The van der Waals surface area contributed by atoms with Gasteiger partial charge in [0.2, 0.25) is 0 Å². The first kappa shape index (κ1) is 10.5. The fourth-order valence-electron chi connectivity index (χ4n) is 1.85. The van der Waals surface area contributed by atoms with Gasteiger partial charge in [-0.3, -0.25) is 0 Å². The van der Waals surface area contributed by atoms with E-state index in [0.717, 1.165) is 18.4 Å². The zero-order chi connectivity index (χ0) is 10.7. The zero-order valence-electron chi connectivity index (χ0n) is 8.90. The van der Waals surface area contributed by atoms with Gasteiger partial charge in [-0.15, -0.1) is 0 Å². The fraction of sp³-hybridized carbons (Fsp3) is 0.500. The smallest absolute Gasteiger partial charge is 0.172 e. The Morgan fingerprint density at radius 2 is 1.80 bits per heavy atom. The van der Waals surface area contributed by atoms with Crippen LogP contribution in [0.1, 0.15) is 18.9 Å². The quantitative estimate of drug-likeness (QED) is 0.826. The van der Waals surface area contributed by atoms with Gasteiger partial charge < -0.3 is 14.6 Å². The predicted octanol–water partition coefficient (Wildman–Crippen LogP) is 2.09. The van der Waals surface area contributed by atoms with Gasteiger partial charge in [0, 0.05) is 6.42 Å². The molecule has 0 atom stereocenters. The molecule has 0 aliphatic carbocycles. The Kier molecular flexibility index (Phi) is 2.93. The highest BCUT2D eigenvalue weighted by molar-refractivity contribution is 5.26. The SMILES string of the molecule is CCC1(Cc2ccc(O)cc2)OCCO1. The highest BCUT2D eigenvalue weighted by Crippen LogP contribution is 2.28. The first-order valence-electron chi connectivity index (χ1n) is 5.30. The van der Waals surface area contributed by atoms with Crippen molar-refractivity contribution >= 4 is 0 Å². The summed E-state index contributed by atoms with van der Waals surface area (Å²) in [5.74, 6) is -0.158. The average molecular weight is 208 g/mol. The van der Waals surface area contributed by atoms with E-state index in [1.165, 1.54) is 0 Å². The molecule has 2 rings (SSSR count). The van der Waals surface area contributed by atoms with Crippen molar-refractivity contribution in [2.45, 2.75) is 25.6 Å². The minimum Gasteiger partial charge on any atom is -0.508 e. The molecule has 82 valence electrons. The molecule has 1 fully saturated rings. The second-order valence-corrected chi connectivity index (χ2v) is 3.80. The molecule has 1 aliphatic heterocycles. The van der Waals surface area contributed by atoms with Crippen LogP contribution in [0.25, 0.3) is 0 Å². The minimum absolute atomic E-state index is 0.289. The molecular weight excluding hydrogens is 192 g/mol. The summed E-state index contributed by atoms with van der Waals surface area (Å²) in [6.45, 7) is 3.41. The van der Waals surface area contributed by atoms with E-state index in [1.807, 2.05) is 12.1 Å². The number of benzene rings is 1. The summed E-state index contributed by atoms with van der Waals surface area (Å²) < 4.78 is 11.3. The molecule has 0 radical (unpaired) electrons. The molecule has 1 aliphatic rings. The van der Waals surface area contributed by atoms with Crippen molar-refractivity contribution < 1.29 is 14.6 Å². The van der Waals surface area contributed by atoms with Crippen LogP contribution in [0.5, 0.6) is 5.75 Å². The van der Waals surface area contributed by atoms with Gasteiger partial charge in [0.15, 0.2) is 5.79 Å². The van der Waals surface area contributed by atoms with Crippen LogP contribution in [0.15, 0.2) is 24.3 Å². The largest absolute Gasteiger partial charge is 0.508 e. The van der Waals surface area contributed by atoms with Crippen LogP contribution in [0.2, 0.25) is 0 Å². The van der Waals surface area contributed by atoms with E-state index < -0.39 is 5.79 Å². The molecule has 3 heteroatoms. The standard InChI is InChI=1S/C12H16O3/c1-2-12(14-7-8-15-12)9-10-3-5-11(13)6-4-10/h3-6,13H,2,7-9H2,1H3. The third-order valence-electron chi connectivity index (χ3n) is 2.76. The summed E-state index contributed by atoms with van der Waals surface area (Å²) in [5.41, 5.74) is 1.12. The molecule has 0 bridgehead atoms. The second-order valence-electron chi connectivity index (χ2n) is 3.80. The van der Waals surface area contributed by atoms with E-state index in [4.69, 9.17) is 9.47 Å². The van der Waals surface area contributed by atoms with Crippen molar-refractivity contribution in [3.8, 4) is 5.75 Å². The zero-order valence-corrected chi connectivity index (χ0v) is 8.90. The van der Waals surface area contributed by atoms with E-state index in [2.05, 4.69) is 6.92 Å². The summed E-state index contributed by atoms with van der Waals surface area (Å²) in [6.07, 6.45) is 1.58. The molecule has 0 unspecified atom stereocenters. The van der Waals surface area contributed by atoms with Gasteiger partial charge in [0.05, 0.1) is 13.2 Å². The minimum atomic E-state index is -0.447. The molecule has 0 amide bonds. The van der Waals surface area contributed by atoms with Crippen molar-refractivity contribution in [1.29, 1.82) is 0 Å². The third-order valence-corrected chi connectivity index (χ3v) is 2.76. The normalized spacial score (nSPS) is 19.3. The average Bonchev–Trinajstić information content (AvgIpc) is 2.71. The van der Waals surface area contributed by atoms with Crippen LogP contribution in [0.3, 0.4) is 0 Å². The molecular formula is C12H16O3. The monoisotopic (exact) mass is 208 g/mol. The van der Waals surface area contributed by atoms with Gasteiger partial charge >= 0.3 is 0 Å². The van der Waals surface area contributed by atoms with Crippen LogP contribution < -0.4 is 0 Å². The highest BCUT2D eigenvalue weighted by Gasteiger charge is 2.34. The Morgan fingerprint density at radius 3 is 2.33 bits per heavy atom. The topological polar surface area (TPSA) is 38.7 Å². The van der Waals surface area contributed by atoms with E-state index in [-0.39, 0.29) is 5.75 Å². The van der Waals surface area contributed by atoms with Crippen LogP contribution in [0.4, 0.5) is 0 Å². The van der Waals surface area contributed by atoms with E-state index in [0.29, 0.717) is 13.2 Å². The highest BCUT2D eigenvalue weighted by atomic mass is 16.7. The van der Waals surface area contributed by atoms with E-state index in [1.54, 1.807) is 12.1 Å². The fourth-order valence-corrected chi connectivity index (χ4v) is 1.85. The summed E-state index contributed by atoms with van der Waals surface area (Å²) in [7, 11) is 0. The van der Waals surface area contributed by atoms with Crippen LogP contribution in [-0.4, -0.2) is 24.1 Å². The molecule has 0 saturated carbocycles. The molecule has 0 spiro atoms. The maximum absolute atomic E-state index is 9.18. The maximum Gasteiger partial charge on any atom is 0.172 e. The predicted molar refractivity (Wildman–Crippen MR) is 56.7 cm³/mol. The Bertz CT molecular complexity index is 312. The van der Waals surface area contributed by atoms with Gasteiger partial charge in [0.1, 0.15) is 5.75 Å². The van der Waals surface area contributed by atoms with Crippen molar-refractivity contribution in [1.82, 2.24) is 0 Å². The Hall–Kier alpha value is -1.06. The molecule has 1 saturated heterocycles. The molecule has 1 aromatic rings. The Labute approximate surface area is 89.6 Å². The van der Waals surface area contributed by atoms with Crippen LogP contribution >= 0.6 is 0 Å². The lowest BCUT2D eigenvalue weighted by Crippen LogP contribution is -2.31. The van der Waals surface area contributed by atoms with E-state index >= 15 is 0 Å². The maximum atomic E-state index is 9.18. The van der Waals surface area contributed by atoms with Gasteiger partial charge in [-0.1, -0.05) is 19.1 Å². The third kappa shape index (κ3) is 2.30. The summed E-state index contributed by atoms with van der Waals surface area (Å²) in [4.78, 5) is 0. The number of phenolic OH excluding ortho intramolecular Hbond substituents is 1. The molecule has 3 nitrogen and oxygen atoms in total.